The third-order valence-electron chi connectivity index (χ3n) is 2.54. The second-order valence-corrected chi connectivity index (χ2v) is 5.55. The Bertz CT molecular complexity index is 572. The Labute approximate surface area is 126 Å². The van der Waals surface area contributed by atoms with E-state index in [0.29, 0.717) is 5.88 Å². The number of halogens is 1. The number of benzene rings is 1. The minimum atomic E-state index is 0.255. The zero-order chi connectivity index (χ0) is 13.8. The van der Waals surface area contributed by atoms with Gasteiger partial charge in [-0.1, -0.05) is 26.0 Å². The number of rotatable bonds is 4. The van der Waals surface area contributed by atoms with Crippen molar-refractivity contribution in [2.24, 2.45) is 0 Å². The third-order valence-corrected chi connectivity index (χ3v) is 3.43. The maximum Gasteiger partial charge on any atom is 0.224 e. The third kappa shape index (κ3) is 3.56. The van der Waals surface area contributed by atoms with Crippen LogP contribution in [-0.4, -0.2) is 17.0 Å². The monoisotopic (exact) mass is 369 g/mol. The molecule has 1 aromatic carbocycles. The zero-order valence-electron chi connectivity index (χ0n) is 11.1. The van der Waals surface area contributed by atoms with Gasteiger partial charge in [0.05, 0.1) is 3.57 Å². The average molecular weight is 369 g/mol. The van der Waals surface area contributed by atoms with Crippen molar-refractivity contribution in [2.45, 2.75) is 19.8 Å². The maximum absolute atomic E-state index is 5.84. The van der Waals surface area contributed by atoms with E-state index in [1.165, 1.54) is 0 Å². The summed E-state index contributed by atoms with van der Waals surface area (Å²) in [7, 11) is 1.84. The van der Waals surface area contributed by atoms with Crippen molar-refractivity contribution >= 4 is 28.4 Å². The minimum Gasteiger partial charge on any atom is -0.438 e. The van der Waals surface area contributed by atoms with Gasteiger partial charge in [0.25, 0.3) is 0 Å². The van der Waals surface area contributed by atoms with Gasteiger partial charge >= 0.3 is 0 Å². The molecule has 5 heteroatoms. The van der Waals surface area contributed by atoms with Crippen molar-refractivity contribution in [3.8, 4) is 11.6 Å². The van der Waals surface area contributed by atoms with Gasteiger partial charge in [-0.3, -0.25) is 0 Å². The standard InChI is InChI=1S/C14H16IN3O/c1-9(2)14-17-12(16-3)8-13(18-14)19-11-7-5-4-6-10(11)15/h4-9H,1-3H3,(H,16,17,18). The average Bonchev–Trinajstić information content (AvgIpc) is 2.41. The minimum absolute atomic E-state index is 0.255. The summed E-state index contributed by atoms with van der Waals surface area (Å²) in [5.41, 5.74) is 0. The van der Waals surface area contributed by atoms with E-state index in [2.05, 4.69) is 51.7 Å². The van der Waals surface area contributed by atoms with Crippen LogP contribution in [0.4, 0.5) is 5.82 Å². The first kappa shape index (κ1) is 14.0. The highest BCUT2D eigenvalue weighted by molar-refractivity contribution is 14.1. The molecule has 0 saturated carbocycles. The van der Waals surface area contributed by atoms with Crippen LogP contribution in [0.2, 0.25) is 0 Å². The van der Waals surface area contributed by atoms with Gasteiger partial charge in [0.15, 0.2) is 0 Å². The Hall–Kier alpha value is -1.37. The summed E-state index contributed by atoms with van der Waals surface area (Å²) in [4.78, 5) is 8.85. The van der Waals surface area contributed by atoms with Crippen molar-refractivity contribution in [1.82, 2.24) is 9.97 Å². The van der Waals surface area contributed by atoms with E-state index in [4.69, 9.17) is 4.74 Å². The van der Waals surface area contributed by atoms with Crippen LogP contribution >= 0.6 is 22.6 Å². The Morgan fingerprint density at radius 3 is 2.58 bits per heavy atom. The fourth-order valence-corrected chi connectivity index (χ4v) is 2.02. The largest absolute Gasteiger partial charge is 0.438 e. The number of nitrogens with zero attached hydrogens (tertiary/aromatic N) is 2. The first-order valence-corrected chi connectivity index (χ1v) is 7.17. The summed E-state index contributed by atoms with van der Waals surface area (Å²) >= 11 is 2.24. The van der Waals surface area contributed by atoms with Gasteiger partial charge in [-0.15, -0.1) is 0 Å². The molecule has 0 spiro atoms. The Morgan fingerprint density at radius 2 is 1.95 bits per heavy atom. The van der Waals surface area contributed by atoms with E-state index in [1.54, 1.807) is 6.07 Å². The van der Waals surface area contributed by atoms with Crippen LogP contribution in [0, 0.1) is 3.57 Å². The molecule has 0 radical (unpaired) electrons. The summed E-state index contributed by atoms with van der Waals surface area (Å²) in [5.74, 6) is 3.16. The lowest BCUT2D eigenvalue weighted by Gasteiger charge is -2.11. The second-order valence-electron chi connectivity index (χ2n) is 4.39. The predicted octanol–water partition coefficient (Wildman–Crippen LogP) is 4.04. The second kappa shape index (κ2) is 6.18. The highest BCUT2D eigenvalue weighted by Crippen LogP contribution is 2.27. The van der Waals surface area contributed by atoms with E-state index in [1.807, 2.05) is 31.3 Å². The summed E-state index contributed by atoms with van der Waals surface area (Å²) in [6.07, 6.45) is 0. The van der Waals surface area contributed by atoms with E-state index < -0.39 is 0 Å². The van der Waals surface area contributed by atoms with Crippen molar-refractivity contribution in [2.75, 3.05) is 12.4 Å². The molecule has 0 atom stereocenters. The number of anilines is 1. The smallest absolute Gasteiger partial charge is 0.224 e. The van der Waals surface area contributed by atoms with Crippen molar-refractivity contribution < 1.29 is 4.74 Å². The normalized spacial score (nSPS) is 10.6. The molecule has 4 nitrogen and oxygen atoms in total. The molecule has 1 aromatic heterocycles. The Morgan fingerprint density at radius 1 is 1.21 bits per heavy atom. The lowest BCUT2D eigenvalue weighted by molar-refractivity contribution is 0.454. The fourth-order valence-electron chi connectivity index (χ4n) is 1.52. The molecule has 1 N–H and O–H groups in total. The fraction of sp³-hybridized carbons (Fsp3) is 0.286. The topological polar surface area (TPSA) is 47.0 Å². The molecular formula is C14H16IN3O. The van der Waals surface area contributed by atoms with Crippen LogP contribution in [0.25, 0.3) is 0 Å². The van der Waals surface area contributed by atoms with E-state index in [-0.39, 0.29) is 5.92 Å². The first-order valence-electron chi connectivity index (χ1n) is 6.09. The van der Waals surface area contributed by atoms with Crippen LogP contribution < -0.4 is 10.1 Å². The van der Waals surface area contributed by atoms with Crippen molar-refractivity contribution in [3.63, 3.8) is 0 Å². The SMILES string of the molecule is CNc1cc(Oc2ccccc2I)nc(C(C)C)n1. The zero-order valence-corrected chi connectivity index (χ0v) is 13.3. The van der Waals surface area contributed by atoms with Crippen LogP contribution in [0.1, 0.15) is 25.6 Å². The molecule has 0 aliphatic carbocycles. The lowest BCUT2D eigenvalue weighted by atomic mass is 10.2. The maximum atomic E-state index is 5.84. The van der Waals surface area contributed by atoms with E-state index in [0.717, 1.165) is 21.0 Å². The van der Waals surface area contributed by atoms with Crippen LogP contribution in [-0.2, 0) is 0 Å². The van der Waals surface area contributed by atoms with Crippen LogP contribution in [0.3, 0.4) is 0 Å². The number of aromatic nitrogens is 2. The van der Waals surface area contributed by atoms with Crippen LogP contribution in [0.15, 0.2) is 30.3 Å². The number of hydrogen-bond acceptors (Lipinski definition) is 4. The molecular weight excluding hydrogens is 353 g/mol. The van der Waals surface area contributed by atoms with Crippen LogP contribution in [0.5, 0.6) is 11.6 Å². The summed E-state index contributed by atoms with van der Waals surface area (Å²) < 4.78 is 6.90. The molecule has 0 unspecified atom stereocenters. The Balaban J connectivity index is 2.34. The molecule has 0 aliphatic heterocycles. The van der Waals surface area contributed by atoms with Crippen molar-refractivity contribution in [3.05, 3.63) is 39.7 Å². The first-order chi connectivity index (χ1) is 9.10. The molecule has 0 fully saturated rings. The van der Waals surface area contributed by atoms with Gasteiger partial charge in [-0.2, -0.15) is 4.98 Å². The quantitative estimate of drug-likeness (QED) is 0.827. The van der Waals surface area contributed by atoms with Gasteiger partial charge in [-0.25, -0.2) is 4.98 Å². The van der Waals surface area contributed by atoms with Gasteiger partial charge in [0.2, 0.25) is 5.88 Å². The lowest BCUT2D eigenvalue weighted by Crippen LogP contribution is -2.03. The molecule has 0 amide bonds. The summed E-state index contributed by atoms with van der Waals surface area (Å²) in [6.45, 7) is 4.12. The number of ether oxygens (including phenoxy) is 1. The molecule has 0 saturated heterocycles. The Kier molecular flexibility index (Phi) is 4.57. The molecule has 0 bridgehead atoms. The summed E-state index contributed by atoms with van der Waals surface area (Å²) in [5, 5.41) is 3.03. The molecule has 100 valence electrons. The van der Waals surface area contributed by atoms with Gasteiger partial charge in [0, 0.05) is 19.0 Å². The molecule has 19 heavy (non-hydrogen) atoms. The van der Waals surface area contributed by atoms with E-state index >= 15 is 0 Å². The number of nitrogens with one attached hydrogen (secondary N) is 1. The molecule has 2 aromatic rings. The van der Waals surface area contributed by atoms with Gasteiger partial charge in [0.1, 0.15) is 17.4 Å². The highest BCUT2D eigenvalue weighted by Gasteiger charge is 2.10. The van der Waals surface area contributed by atoms with Gasteiger partial charge < -0.3 is 10.1 Å². The van der Waals surface area contributed by atoms with Gasteiger partial charge in [-0.05, 0) is 34.7 Å². The number of hydrogen-bond donors (Lipinski definition) is 1. The molecule has 2 rings (SSSR count). The molecule has 0 aliphatic rings. The summed E-state index contributed by atoms with van der Waals surface area (Å²) in [6, 6.07) is 9.65. The number of para-hydroxylation sites is 1. The van der Waals surface area contributed by atoms with Crippen molar-refractivity contribution in [1.29, 1.82) is 0 Å². The predicted molar refractivity (Wildman–Crippen MR) is 84.9 cm³/mol. The highest BCUT2D eigenvalue weighted by atomic mass is 127. The molecule has 1 heterocycles. The van der Waals surface area contributed by atoms with E-state index in [9.17, 15) is 0 Å².